The number of carbonyl (C=O) groups excluding carboxylic acids is 2. The lowest BCUT2D eigenvalue weighted by molar-refractivity contribution is -0.122. The molecule has 26 heavy (non-hydrogen) atoms. The monoisotopic (exact) mass is 484 g/mol. The van der Waals surface area contributed by atoms with Gasteiger partial charge >= 0.3 is 0 Å². The molecule has 0 bridgehead atoms. The average Bonchev–Trinajstić information content (AvgIpc) is 3.00. The van der Waals surface area contributed by atoms with E-state index in [1.807, 2.05) is 0 Å². The molecule has 0 aliphatic carbocycles. The number of methoxy groups -OCH3 is 1. The number of anilines is 2. The van der Waals surface area contributed by atoms with Crippen molar-refractivity contribution < 1.29 is 18.7 Å². The Kier molecular flexibility index (Phi) is 5.62. The molecule has 1 N–H and O–H groups in total. The number of rotatable bonds is 4. The Balaban J connectivity index is 1.73. The fourth-order valence-corrected chi connectivity index (χ4v) is 4.02. The number of amides is 2. The molecule has 2 aromatic rings. The highest BCUT2D eigenvalue weighted by Gasteiger charge is 2.35. The molecular formula is C18H15Br2FN2O3. The molecule has 0 spiro atoms. The van der Waals surface area contributed by atoms with Gasteiger partial charge in [0, 0.05) is 29.2 Å². The largest absolute Gasteiger partial charge is 0.495 e. The first-order valence-corrected chi connectivity index (χ1v) is 9.37. The van der Waals surface area contributed by atoms with Crippen LogP contribution in [0.1, 0.15) is 6.42 Å². The second-order valence-electron chi connectivity index (χ2n) is 5.84. The highest BCUT2D eigenvalue weighted by molar-refractivity contribution is 9.11. The highest BCUT2D eigenvalue weighted by Crippen LogP contribution is 2.35. The maximum Gasteiger partial charge on any atom is 0.229 e. The summed E-state index contributed by atoms with van der Waals surface area (Å²) in [4.78, 5) is 26.4. The van der Waals surface area contributed by atoms with Gasteiger partial charge < -0.3 is 15.0 Å². The average molecular weight is 486 g/mol. The van der Waals surface area contributed by atoms with Gasteiger partial charge in [0.15, 0.2) is 0 Å². The molecule has 0 radical (unpaired) electrons. The summed E-state index contributed by atoms with van der Waals surface area (Å²) in [7, 11) is 1.54. The zero-order chi connectivity index (χ0) is 18.8. The fraction of sp³-hybridized carbons (Fsp3) is 0.222. The van der Waals surface area contributed by atoms with Crippen LogP contribution in [0, 0.1) is 11.7 Å². The summed E-state index contributed by atoms with van der Waals surface area (Å²) in [6.07, 6.45) is 0.106. The predicted octanol–water partition coefficient (Wildman–Crippen LogP) is 4.35. The normalized spacial score (nSPS) is 16.7. The third kappa shape index (κ3) is 3.91. The minimum absolute atomic E-state index is 0.106. The van der Waals surface area contributed by atoms with Crippen molar-refractivity contribution in [3.05, 3.63) is 51.2 Å². The van der Waals surface area contributed by atoms with Crippen LogP contribution < -0.4 is 15.0 Å². The number of hydrogen-bond acceptors (Lipinski definition) is 3. The van der Waals surface area contributed by atoms with Crippen LogP contribution in [-0.2, 0) is 9.59 Å². The molecule has 2 aromatic carbocycles. The van der Waals surface area contributed by atoms with E-state index < -0.39 is 5.92 Å². The van der Waals surface area contributed by atoms with Crippen LogP contribution in [0.4, 0.5) is 15.8 Å². The second kappa shape index (κ2) is 7.75. The third-order valence-electron chi connectivity index (χ3n) is 4.13. The lowest BCUT2D eigenvalue weighted by atomic mass is 10.1. The minimum atomic E-state index is -0.492. The number of nitrogens with one attached hydrogen (secondary N) is 1. The van der Waals surface area contributed by atoms with Gasteiger partial charge in [0.2, 0.25) is 11.8 Å². The molecule has 1 atom stereocenters. The van der Waals surface area contributed by atoms with Crippen molar-refractivity contribution in [3.8, 4) is 5.75 Å². The molecule has 5 nitrogen and oxygen atoms in total. The summed E-state index contributed by atoms with van der Waals surface area (Å²) < 4.78 is 19.7. The van der Waals surface area contributed by atoms with Crippen molar-refractivity contribution in [2.45, 2.75) is 6.42 Å². The van der Waals surface area contributed by atoms with Crippen LogP contribution in [0.5, 0.6) is 5.75 Å². The molecular weight excluding hydrogens is 471 g/mol. The minimum Gasteiger partial charge on any atom is -0.495 e. The number of ether oxygens (including phenoxy) is 1. The molecule has 2 amide bonds. The van der Waals surface area contributed by atoms with E-state index in [1.54, 1.807) is 12.1 Å². The lowest BCUT2D eigenvalue weighted by Crippen LogP contribution is -2.28. The Morgan fingerprint density at radius 1 is 1.23 bits per heavy atom. The first-order valence-electron chi connectivity index (χ1n) is 7.79. The SMILES string of the molecule is COc1cc(NC(=O)[C@@H]2CC(=O)N(c3ccc(F)cc3)C2)c(Br)cc1Br. The van der Waals surface area contributed by atoms with Gasteiger partial charge in [0.05, 0.1) is 23.2 Å². The summed E-state index contributed by atoms with van der Waals surface area (Å²) in [6.45, 7) is 0.252. The van der Waals surface area contributed by atoms with Crippen LogP contribution in [0.25, 0.3) is 0 Å². The van der Waals surface area contributed by atoms with Gasteiger partial charge in [-0.25, -0.2) is 4.39 Å². The van der Waals surface area contributed by atoms with Crippen molar-refractivity contribution in [2.75, 3.05) is 23.9 Å². The Morgan fingerprint density at radius 3 is 2.58 bits per heavy atom. The summed E-state index contributed by atoms with van der Waals surface area (Å²) in [5.74, 6) is -0.700. The molecule has 1 aliphatic heterocycles. The summed E-state index contributed by atoms with van der Waals surface area (Å²) >= 11 is 6.78. The van der Waals surface area contributed by atoms with E-state index in [1.165, 1.54) is 36.3 Å². The van der Waals surface area contributed by atoms with E-state index in [9.17, 15) is 14.0 Å². The first-order chi connectivity index (χ1) is 12.4. The number of benzene rings is 2. The smallest absolute Gasteiger partial charge is 0.229 e. The van der Waals surface area contributed by atoms with E-state index in [2.05, 4.69) is 37.2 Å². The molecule has 0 unspecified atom stereocenters. The van der Waals surface area contributed by atoms with Crippen molar-refractivity contribution in [2.24, 2.45) is 5.92 Å². The van der Waals surface area contributed by atoms with E-state index in [4.69, 9.17) is 4.74 Å². The molecule has 0 aromatic heterocycles. The summed E-state index contributed by atoms with van der Waals surface area (Å²) in [5.41, 5.74) is 1.14. The van der Waals surface area contributed by atoms with Crippen LogP contribution in [0.3, 0.4) is 0 Å². The topological polar surface area (TPSA) is 58.6 Å². The van der Waals surface area contributed by atoms with Crippen molar-refractivity contribution >= 4 is 55.0 Å². The second-order valence-corrected chi connectivity index (χ2v) is 7.55. The maximum atomic E-state index is 13.1. The molecule has 1 heterocycles. The van der Waals surface area contributed by atoms with E-state index in [-0.39, 0.29) is 30.6 Å². The zero-order valence-corrected chi connectivity index (χ0v) is 16.9. The zero-order valence-electron chi connectivity index (χ0n) is 13.8. The van der Waals surface area contributed by atoms with Gasteiger partial charge in [-0.1, -0.05) is 0 Å². The van der Waals surface area contributed by atoms with E-state index in [0.29, 0.717) is 21.6 Å². The number of hydrogen-bond donors (Lipinski definition) is 1. The summed E-state index contributed by atoms with van der Waals surface area (Å²) in [6, 6.07) is 9.12. The number of carbonyl (C=O) groups is 2. The van der Waals surface area contributed by atoms with E-state index in [0.717, 1.165) is 4.47 Å². The maximum absolute atomic E-state index is 13.1. The van der Waals surface area contributed by atoms with Crippen LogP contribution >= 0.6 is 31.9 Å². The Hall–Kier alpha value is -1.93. The molecule has 0 saturated carbocycles. The lowest BCUT2D eigenvalue weighted by Gasteiger charge is -2.17. The fourth-order valence-electron chi connectivity index (χ4n) is 2.77. The first kappa shape index (κ1) is 18.8. The molecule has 136 valence electrons. The third-order valence-corrected chi connectivity index (χ3v) is 5.41. The Bertz CT molecular complexity index is 858. The Labute approximate surface area is 166 Å². The molecule has 1 aliphatic rings. The van der Waals surface area contributed by atoms with Crippen molar-refractivity contribution in [1.29, 1.82) is 0 Å². The van der Waals surface area contributed by atoms with Gasteiger partial charge in [0.25, 0.3) is 0 Å². The van der Waals surface area contributed by atoms with E-state index >= 15 is 0 Å². The van der Waals surface area contributed by atoms with Gasteiger partial charge in [0.1, 0.15) is 11.6 Å². The van der Waals surface area contributed by atoms with Gasteiger partial charge in [-0.3, -0.25) is 9.59 Å². The summed E-state index contributed by atoms with van der Waals surface area (Å²) in [5, 5.41) is 2.83. The van der Waals surface area contributed by atoms with Crippen molar-refractivity contribution in [1.82, 2.24) is 0 Å². The molecule has 3 rings (SSSR count). The standard InChI is InChI=1S/C18H15Br2FN2O3/c1-26-16-8-15(13(19)7-14(16)20)22-18(25)10-6-17(24)23(9-10)12-4-2-11(21)3-5-12/h2-5,7-8,10H,6,9H2,1H3,(H,22,25)/t10-/m1/s1. The van der Waals surface area contributed by atoms with Gasteiger partial charge in [-0.15, -0.1) is 0 Å². The van der Waals surface area contributed by atoms with Crippen LogP contribution in [-0.4, -0.2) is 25.5 Å². The number of nitrogens with zero attached hydrogens (tertiary/aromatic N) is 1. The molecule has 1 saturated heterocycles. The Morgan fingerprint density at radius 2 is 1.92 bits per heavy atom. The van der Waals surface area contributed by atoms with Gasteiger partial charge in [-0.2, -0.15) is 0 Å². The highest BCUT2D eigenvalue weighted by atomic mass is 79.9. The van der Waals surface area contributed by atoms with Crippen LogP contribution in [0.2, 0.25) is 0 Å². The molecule has 1 fully saturated rings. The predicted molar refractivity (Wildman–Crippen MR) is 104 cm³/mol. The molecule has 8 heteroatoms. The van der Waals surface area contributed by atoms with Crippen LogP contribution in [0.15, 0.2) is 45.3 Å². The van der Waals surface area contributed by atoms with Gasteiger partial charge in [-0.05, 0) is 62.2 Å². The number of halogens is 3. The quantitative estimate of drug-likeness (QED) is 0.700. The van der Waals surface area contributed by atoms with Crippen molar-refractivity contribution in [3.63, 3.8) is 0 Å².